The van der Waals surface area contributed by atoms with E-state index in [2.05, 4.69) is 15.3 Å². The summed E-state index contributed by atoms with van der Waals surface area (Å²) in [6, 6.07) is 5.20. The van der Waals surface area contributed by atoms with E-state index in [1.807, 2.05) is 13.0 Å². The third kappa shape index (κ3) is 2.06. The van der Waals surface area contributed by atoms with Crippen LogP contribution in [0.4, 0.5) is 10.2 Å². The molecule has 18 heavy (non-hydrogen) atoms. The van der Waals surface area contributed by atoms with Crippen molar-refractivity contribution in [2.75, 3.05) is 5.32 Å². The number of benzene rings is 1. The lowest BCUT2D eigenvalue weighted by Crippen LogP contribution is -2.09. The Morgan fingerprint density at radius 2 is 2.22 bits per heavy atom. The largest absolute Gasteiger partial charge is 0.362 e. The topological polar surface area (TPSA) is 37.8 Å². The van der Waals surface area contributed by atoms with Crippen LogP contribution in [-0.2, 0) is 6.42 Å². The maximum Gasteiger partial charge on any atom is 0.145 e. The van der Waals surface area contributed by atoms with Gasteiger partial charge >= 0.3 is 0 Å². The van der Waals surface area contributed by atoms with E-state index in [9.17, 15) is 4.39 Å². The minimum absolute atomic E-state index is 0.162. The lowest BCUT2D eigenvalue weighted by molar-refractivity contribution is 0.626. The van der Waals surface area contributed by atoms with Crippen LogP contribution in [0.5, 0.6) is 0 Å². The van der Waals surface area contributed by atoms with Crippen LogP contribution in [0, 0.1) is 12.7 Å². The lowest BCUT2D eigenvalue weighted by atomic mass is 10.1. The Morgan fingerprint density at radius 1 is 1.33 bits per heavy atom. The quantitative estimate of drug-likeness (QED) is 0.881. The molecular weight excluding hydrogens is 229 g/mol. The van der Waals surface area contributed by atoms with Crippen molar-refractivity contribution < 1.29 is 4.39 Å². The zero-order chi connectivity index (χ0) is 12.5. The molecule has 4 heteroatoms. The molecule has 0 saturated heterocycles. The molecule has 3 nitrogen and oxygen atoms in total. The van der Waals surface area contributed by atoms with E-state index in [0.29, 0.717) is 0 Å². The van der Waals surface area contributed by atoms with Crippen LogP contribution in [0.3, 0.4) is 0 Å². The Balaban J connectivity index is 1.85. The van der Waals surface area contributed by atoms with Crippen molar-refractivity contribution in [2.24, 2.45) is 0 Å². The predicted octanol–water partition coefficient (Wildman–Crippen LogP) is 3.02. The summed E-state index contributed by atoms with van der Waals surface area (Å²) in [4.78, 5) is 8.49. The standard InChI is InChI=1S/C14H14FN3/c1-9-7-16-8-14(17-9)18-13-5-2-10-6-11(15)3-4-12(10)13/h3-4,6-8,13H,2,5H2,1H3,(H,17,18). The molecule has 1 atom stereocenters. The van der Waals surface area contributed by atoms with Gasteiger partial charge in [-0.1, -0.05) is 6.07 Å². The Labute approximate surface area is 105 Å². The summed E-state index contributed by atoms with van der Waals surface area (Å²) in [6.45, 7) is 1.91. The molecule has 1 heterocycles. The smallest absolute Gasteiger partial charge is 0.145 e. The number of anilines is 1. The lowest BCUT2D eigenvalue weighted by Gasteiger charge is -2.14. The number of nitrogens with zero attached hydrogens (tertiary/aromatic N) is 2. The zero-order valence-electron chi connectivity index (χ0n) is 10.2. The second kappa shape index (κ2) is 4.37. The minimum atomic E-state index is -0.162. The molecule has 0 bridgehead atoms. The fraction of sp³-hybridized carbons (Fsp3) is 0.286. The van der Waals surface area contributed by atoms with E-state index >= 15 is 0 Å². The van der Waals surface area contributed by atoms with Crippen LogP contribution in [-0.4, -0.2) is 9.97 Å². The molecule has 1 N–H and O–H groups in total. The Kier molecular flexibility index (Phi) is 2.70. The maximum atomic E-state index is 13.1. The molecular formula is C14H14FN3. The number of aryl methyl sites for hydroxylation is 2. The van der Waals surface area contributed by atoms with Crippen molar-refractivity contribution in [2.45, 2.75) is 25.8 Å². The summed E-state index contributed by atoms with van der Waals surface area (Å²) in [6.07, 6.45) is 5.32. The average Bonchev–Trinajstić information content (AvgIpc) is 2.72. The molecule has 0 spiro atoms. The van der Waals surface area contributed by atoms with Gasteiger partial charge in [-0.3, -0.25) is 4.98 Å². The molecule has 0 aliphatic heterocycles. The monoisotopic (exact) mass is 243 g/mol. The number of aromatic nitrogens is 2. The normalized spacial score (nSPS) is 17.6. The fourth-order valence-corrected chi connectivity index (χ4v) is 2.45. The van der Waals surface area contributed by atoms with Crippen molar-refractivity contribution in [3.05, 3.63) is 53.2 Å². The summed E-state index contributed by atoms with van der Waals surface area (Å²) < 4.78 is 13.1. The van der Waals surface area contributed by atoms with Crippen molar-refractivity contribution in [1.29, 1.82) is 0 Å². The van der Waals surface area contributed by atoms with E-state index in [0.717, 1.165) is 29.9 Å². The van der Waals surface area contributed by atoms with E-state index in [4.69, 9.17) is 0 Å². The molecule has 1 unspecified atom stereocenters. The number of rotatable bonds is 2. The molecule has 0 amide bonds. The third-order valence-electron chi connectivity index (χ3n) is 3.26. The van der Waals surface area contributed by atoms with Gasteiger partial charge in [-0.25, -0.2) is 9.37 Å². The van der Waals surface area contributed by atoms with Gasteiger partial charge in [-0.2, -0.15) is 0 Å². The highest BCUT2D eigenvalue weighted by atomic mass is 19.1. The molecule has 0 saturated carbocycles. The van der Waals surface area contributed by atoms with Crippen LogP contribution in [0.1, 0.15) is 29.3 Å². The van der Waals surface area contributed by atoms with Crippen LogP contribution in [0.2, 0.25) is 0 Å². The molecule has 1 aromatic heterocycles. The molecule has 2 aromatic rings. The van der Waals surface area contributed by atoms with Gasteiger partial charge in [0, 0.05) is 6.20 Å². The van der Waals surface area contributed by atoms with Gasteiger partial charge < -0.3 is 5.32 Å². The molecule has 0 fully saturated rings. The van der Waals surface area contributed by atoms with Crippen LogP contribution >= 0.6 is 0 Å². The van der Waals surface area contributed by atoms with Gasteiger partial charge in [0.15, 0.2) is 0 Å². The van der Waals surface area contributed by atoms with Crippen molar-refractivity contribution >= 4 is 5.82 Å². The molecule has 0 radical (unpaired) electrons. The summed E-state index contributed by atoms with van der Waals surface area (Å²) in [5.74, 6) is 0.613. The minimum Gasteiger partial charge on any atom is -0.362 e. The highest BCUT2D eigenvalue weighted by molar-refractivity contribution is 5.42. The highest BCUT2D eigenvalue weighted by Gasteiger charge is 2.22. The summed E-state index contributed by atoms with van der Waals surface area (Å²) >= 11 is 0. The first kappa shape index (κ1) is 11.1. The van der Waals surface area contributed by atoms with Gasteiger partial charge in [0.05, 0.1) is 17.9 Å². The molecule has 92 valence electrons. The summed E-state index contributed by atoms with van der Waals surface area (Å²) in [5, 5.41) is 3.36. The second-order valence-electron chi connectivity index (χ2n) is 4.62. The second-order valence-corrected chi connectivity index (χ2v) is 4.62. The SMILES string of the molecule is Cc1cncc(NC2CCc3cc(F)ccc32)n1. The molecule has 1 aliphatic rings. The fourth-order valence-electron chi connectivity index (χ4n) is 2.45. The van der Waals surface area contributed by atoms with Crippen molar-refractivity contribution in [3.63, 3.8) is 0 Å². The van der Waals surface area contributed by atoms with E-state index in [1.54, 1.807) is 18.5 Å². The van der Waals surface area contributed by atoms with Gasteiger partial charge in [-0.05, 0) is 43.0 Å². The number of hydrogen-bond donors (Lipinski definition) is 1. The number of hydrogen-bond acceptors (Lipinski definition) is 3. The number of nitrogens with one attached hydrogen (secondary N) is 1. The van der Waals surface area contributed by atoms with Gasteiger partial charge in [0.2, 0.25) is 0 Å². The van der Waals surface area contributed by atoms with Gasteiger partial charge in [0.25, 0.3) is 0 Å². The van der Waals surface area contributed by atoms with Crippen molar-refractivity contribution in [1.82, 2.24) is 9.97 Å². The highest BCUT2D eigenvalue weighted by Crippen LogP contribution is 2.33. The summed E-state index contributed by atoms with van der Waals surface area (Å²) in [5.41, 5.74) is 3.14. The van der Waals surface area contributed by atoms with Crippen LogP contribution in [0.15, 0.2) is 30.6 Å². The van der Waals surface area contributed by atoms with E-state index < -0.39 is 0 Å². The Bertz CT molecular complexity index is 583. The summed E-state index contributed by atoms with van der Waals surface area (Å²) in [7, 11) is 0. The van der Waals surface area contributed by atoms with Crippen LogP contribution in [0.25, 0.3) is 0 Å². The predicted molar refractivity (Wildman–Crippen MR) is 67.9 cm³/mol. The average molecular weight is 243 g/mol. The van der Waals surface area contributed by atoms with Gasteiger partial charge in [0.1, 0.15) is 11.6 Å². The van der Waals surface area contributed by atoms with E-state index in [1.165, 1.54) is 11.6 Å². The van der Waals surface area contributed by atoms with Crippen molar-refractivity contribution in [3.8, 4) is 0 Å². The zero-order valence-corrected chi connectivity index (χ0v) is 10.2. The molecule has 3 rings (SSSR count). The van der Waals surface area contributed by atoms with Crippen LogP contribution < -0.4 is 5.32 Å². The first-order valence-corrected chi connectivity index (χ1v) is 6.06. The third-order valence-corrected chi connectivity index (χ3v) is 3.26. The Hall–Kier alpha value is -1.97. The first-order valence-electron chi connectivity index (χ1n) is 6.06. The number of halogens is 1. The molecule has 1 aliphatic carbocycles. The van der Waals surface area contributed by atoms with E-state index in [-0.39, 0.29) is 11.9 Å². The number of fused-ring (bicyclic) bond motifs is 1. The first-order chi connectivity index (χ1) is 8.72. The Morgan fingerprint density at radius 3 is 3.06 bits per heavy atom. The maximum absolute atomic E-state index is 13.1. The molecule has 1 aromatic carbocycles. The van der Waals surface area contributed by atoms with Gasteiger partial charge in [-0.15, -0.1) is 0 Å².